The monoisotopic (exact) mass is 201 g/mol. The summed E-state index contributed by atoms with van der Waals surface area (Å²) in [7, 11) is 0. The van der Waals surface area contributed by atoms with E-state index in [-0.39, 0.29) is 0 Å². The molecule has 0 aliphatic rings. The predicted molar refractivity (Wildman–Crippen MR) is 62.4 cm³/mol. The van der Waals surface area contributed by atoms with E-state index in [1.807, 2.05) is 6.92 Å². The van der Waals surface area contributed by atoms with Crippen LogP contribution in [0.15, 0.2) is 0 Å². The lowest BCUT2D eigenvalue weighted by Gasteiger charge is -2.17. The summed E-state index contributed by atoms with van der Waals surface area (Å²) in [6, 6.07) is 0.375. The highest BCUT2D eigenvalue weighted by atomic mass is 16.5. The third-order valence-corrected chi connectivity index (χ3v) is 2.86. The van der Waals surface area contributed by atoms with Crippen molar-refractivity contribution in [2.75, 3.05) is 13.2 Å². The highest BCUT2D eigenvalue weighted by molar-refractivity contribution is 4.66. The van der Waals surface area contributed by atoms with Crippen LogP contribution in [0.3, 0.4) is 0 Å². The number of ether oxygens (including phenoxy) is 1. The summed E-state index contributed by atoms with van der Waals surface area (Å²) in [4.78, 5) is 0. The quantitative estimate of drug-likeness (QED) is 0.582. The van der Waals surface area contributed by atoms with Crippen molar-refractivity contribution >= 4 is 0 Å². The SMILES string of the molecule is CCOCCCC(N)CC(CC)CC. The molecule has 0 fully saturated rings. The first kappa shape index (κ1) is 13.9. The molecule has 0 aromatic carbocycles. The van der Waals surface area contributed by atoms with Gasteiger partial charge in [-0.1, -0.05) is 26.7 Å². The summed E-state index contributed by atoms with van der Waals surface area (Å²) in [6.45, 7) is 8.22. The van der Waals surface area contributed by atoms with Gasteiger partial charge >= 0.3 is 0 Å². The minimum Gasteiger partial charge on any atom is -0.382 e. The van der Waals surface area contributed by atoms with Gasteiger partial charge in [-0.15, -0.1) is 0 Å². The van der Waals surface area contributed by atoms with E-state index in [2.05, 4.69) is 13.8 Å². The number of hydrogen-bond acceptors (Lipinski definition) is 2. The lowest BCUT2D eigenvalue weighted by Crippen LogP contribution is -2.23. The van der Waals surface area contributed by atoms with E-state index >= 15 is 0 Å². The van der Waals surface area contributed by atoms with Crippen LogP contribution >= 0.6 is 0 Å². The third kappa shape index (κ3) is 7.34. The molecule has 0 rings (SSSR count). The molecule has 0 spiro atoms. The van der Waals surface area contributed by atoms with Crippen molar-refractivity contribution in [2.45, 2.75) is 58.9 Å². The van der Waals surface area contributed by atoms with E-state index in [0.29, 0.717) is 6.04 Å². The summed E-state index contributed by atoms with van der Waals surface area (Å²) in [5, 5.41) is 0. The van der Waals surface area contributed by atoms with Gasteiger partial charge in [-0.05, 0) is 32.1 Å². The highest BCUT2D eigenvalue weighted by Gasteiger charge is 2.09. The zero-order valence-corrected chi connectivity index (χ0v) is 10.1. The normalized spacial score (nSPS) is 13.5. The standard InChI is InChI=1S/C12H27NO/c1-4-11(5-2)10-12(13)8-7-9-14-6-3/h11-12H,4-10,13H2,1-3H3. The second-order valence-electron chi connectivity index (χ2n) is 4.02. The Labute approximate surface area is 89.2 Å². The van der Waals surface area contributed by atoms with E-state index in [9.17, 15) is 0 Å². The maximum absolute atomic E-state index is 6.05. The third-order valence-electron chi connectivity index (χ3n) is 2.86. The molecular weight excluding hydrogens is 174 g/mol. The van der Waals surface area contributed by atoms with Gasteiger partial charge in [0.15, 0.2) is 0 Å². The average molecular weight is 201 g/mol. The number of rotatable bonds is 9. The minimum atomic E-state index is 0.375. The molecule has 0 saturated carbocycles. The maximum atomic E-state index is 6.05. The molecule has 1 unspecified atom stereocenters. The van der Waals surface area contributed by atoms with Crippen molar-refractivity contribution in [2.24, 2.45) is 11.7 Å². The van der Waals surface area contributed by atoms with Crippen LogP contribution in [0, 0.1) is 5.92 Å². The van der Waals surface area contributed by atoms with E-state index in [1.165, 1.54) is 19.3 Å². The van der Waals surface area contributed by atoms with Gasteiger partial charge in [-0.25, -0.2) is 0 Å². The summed E-state index contributed by atoms with van der Waals surface area (Å²) < 4.78 is 5.29. The van der Waals surface area contributed by atoms with Gasteiger partial charge in [0.1, 0.15) is 0 Å². The summed E-state index contributed by atoms with van der Waals surface area (Å²) >= 11 is 0. The van der Waals surface area contributed by atoms with Gasteiger partial charge in [-0.3, -0.25) is 0 Å². The Morgan fingerprint density at radius 2 is 1.79 bits per heavy atom. The summed E-state index contributed by atoms with van der Waals surface area (Å²) in [6.07, 6.45) is 5.91. The van der Waals surface area contributed by atoms with Crippen LogP contribution in [0.25, 0.3) is 0 Å². The molecular formula is C12H27NO. The first-order chi connectivity index (χ1) is 6.74. The van der Waals surface area contributed by atoms with Crippen LogP contribution in [0.2, 0.25) is 0 Å². The van der Waals surface area contributed by atoms with Crippen molar-refractivity contribution in [3.63, 3.8) is 0 Å². The topological polar surface area (TPSA) is 35.2 Å². The van der Waals surface area contributed by atoms with E-state index in [4.69, 9.17) is 10.5 Å². The average Bonchev–Trinajstić information content (AvgIpc) is 2.21. The molecule has 0 aliphatic heterocycles. The molecule has 0 amide bonds. The van der Waals surface area contributed by atoms with E-state index in [1.54, 1.807) is 0 Å². The molecule has 0 saturated heterocycles. The molecule has 0 aromatic heterocycles. The lowest BCUT2D eigenvalue weighted by molar-refractivity contribution is 0.141. The minimum absolute atomic E-state index is 0.375. The van der Waals surface area contributed by atoms with E-state index in [0.717, 1.165) is 32.0 Å². The lowest BCUT2D eigenvalue weighted by atomic mass is 9.93. The zero-order valence-electron chi connectivity index (χ0n) is 10.1. The highest BCUT2D eigenvalue weighted by Crippen LogP contribution is 2.16. The molecule has 0 bridgehead atoms. The van der Waals surface area contributed by atoms with Gasteiger partial charge in [0, 0.05) is 19.3 Å². The van der Waals surface area contributed by atoms with Crippen molar-refractivity contribution < 1.29 is 4.74 Å². The molecule has 0 aliphatic carbocycles. The fourth-order valence-corrected chi connectivity index (χ4v) is 1.76. The first-order valence-corrected chi connectivity index (χ1v) is 6.07. The van der Waals surface area contributed by atoms with Crippen LogP contribution in [0.5, 0.6) is 0 Å². The summed E-state index contributed by atoms with van der Waals surface area (Å²) in [5.74, 6) is 0.817. The smallest absolute Gasteiger partial charge is 0.0466 e. The Hall–Kier alpha value is -0.0800. The van der Waals surface area contributed by atoms with Crippen LogP contribution in [0.4, 0.5) is 0 Å². The Morgan fingerprint density at radius 1 is 1.14 bits per heavy atom. The second kappa shape index (κ2) is 9.47. The Morgan fingerprint density at radius 3 is 2.29 bits per heavy atom. The molecule has 2 nitrogen and oxygen atoms in total. The molecule has 2 heteroatoms. The molecule has 0 radical (unpaired) electrons. The van der Waals surface area contributed by atoms with Gasteiger partial charge in [0.25, 0.3) is 0 Å². The van der Waals surface area contributed by atoms with Crippen LogP contribution < -0.4 is 5.73 Å². The van der Waals surface area contributed by atoms with Gasteiger partial charge in [-0.2, -0.15) is 0 Å². The Balaban J connectivity index is 3.38. The molecule has 0 aromatic rings. The Kier molecular flexibility index (Phi) is 9.42. The van der Waals surface area contributed by atoms with Gasteiger partial charge in [0.05, 0.1) is 0 Å². The molecule has 0 heterocycles. The zero-order chi connectivity index (χ0) is 10.8. The maximum Gasteiger partial charge on any atom is 0.0466 e. The molecule has 1 atom stereocenters. The largest absolute Gasteiger partial charge is 0.382 e. The molecule has 14 heavy (non-hydrogen) atoms. The number of nitrogens with two attached hydrogens (primary N) is 1. The van der Waals surface area contributed by atoms with Gasteiger partial charge in [0.2, 0.25) is 0 Å². The van der Waals surface area contributed by atoms with Crippen molar-refractivity contribution in [3.8, 4) is 0 Å². The molecule has 2 N–H and O–H groups in total. The fourth-order valence-electron chi connectivity index (χ4n) is 1.76. The Bertz CT molecular complexity index is 113. The first-order valence-electron chi connectivity index (χ1n) is 6.07. The van der Waals surface area contributed by atoms with Crippen molar-refractivity contribution in [1.29, 1.82) is 0 Å². The van der Waals surface area contributed by atoms with Crippen LogP contribution in [-0.4, -0.2) is 19.3 Å². The fraction of sp³-hybridized carbons (Fsp3) is 1.00. The predicted octanol–water partition coefficient (Wildman–Crippen LogP) is 2.96. The van der Waals surface area contributed by atoms with Gasteiger partial charge < -0.3 is 10.5 Å². The summed E-state index contributed by atoms with van der Waals surface area (Å²) in [5.41, 5.74) is 6.05. The van der Waals surface area contributed by atoms with Crippen molar-refractivity contribution in [1.82, 2.24) is 0 Å². The second-order valence-corrected chi connectivity index (χ2v) is 4.02. The molecule has 86 valence electrons. The van der Waals surface area contributed by atoms with Crippen molar-refractivity contribution in [3.05, 3.63) is 0 Å². The van der Waals surface area contributed by atoms with E-state index < -0.39 is 0 Å². The van der Waals surface area contributed by atoms with Crippen LogP contribution in [-0.2, 0) is 4.74 Å². The van der Waals surface area contributed by atoms with Crippen LogP contribution in [0.1, 0.15) is 52.9 Å². The number of hydrogen-bond donors (Lipinski definition) is 1.